The van der Waals surface area contributed by atoms with Gasteiger partial charge in [-0.05, 0) is 57.2 Å². The Labute approximate surface area is 97.6 Å². The van der Waals surface area contributed by atoms with E-state index in [0.717, 1.165) is 24.3 Å². The third kappa shape index (κ3) is 1.57. The number of ether oxygens (including phenoxy) is 2. The summed E-state index contributed by atoms with van der Waals surface area (Å²) < 4.78 is 11.5. The van der Waals surface area contributed by atoms with Crippen LogP contribution in [0.4, 0.5) is 0 Å². The molecule has 88 valence electrons. The average molecular weight is 220 g/mol. The predicted molar refractivity (Wildman–Crippen MR) is 65.6 cm³/mol. The van der Waals surface area contributed by atoms with Crippen molar-refractivity contribution in [2.45, 2.75) is 46.6 Å². The Morgan fingerprint density at radius 2 is 1.81 bits per heavy atom. The van der Waals surface area contributed by atoms with Crippen molar-refractivity contribution in [2.75, 3.05) is 7.11 Å². The average Bonchev–Trinajstić information content (AvgIpc) is 2.27. The summed E-state index contributed by atoms with van der Waals surface area (Å²) in [6.45, 7) is 8.49. The molecule has 16 heavy (non-hydrogen) atoms. The van der Waals surface area contributed by atoms with Gasteiger partial charge in [-0.25, -0.2) is 0 Å². The van der Waals surface area contributed by atoms with Crippen molar-refractivity contribution in [2.24, 2.45) is 0 Å². The molecule has 1 aliphatic rings. The SMILES string of the molecule is COc1c(C)c(C)c2c(c1C)CCC(C)O2. The van der Waals surface area contributed by atoms with E-state index >= 15 is 0 Å². The largest absolute Gasteiger partial charge is 0.496 e. The minimum absolute atomic E-state index is 0.332. The van der Waals surface area contributed by atoms with Crippen LogP contribution in [-0.4, -0.2) is 13.2 Å². The van der Waals surface area contributed by atoms with Crippen LogP contribution in [-0.2, 0) is 6.42 Å². The van der Waals surface area contributed by atoms with Crippen LogP contribution in [0.1, 0.15) is 35.6 Å². The van der Waals surface area contributed by atoms with Crippen molar-refractivity contribution in [1.82, 2.24) is 0 Å². The highest BCUT2D eigenvalue weighted by Crippen LogP contribution is 2.41. The number of hydrogen-bond donors (Lipinski definition) is 0. The fourth-order valence-corrected chi connectivity index (χ4v) is 2.53. The highest BCUT2D eigenvalue weighted by atomic mass is 16.5. The molecule has 1 aromatic rings. The molecule has 2 nitrogen and oxygen atoms in total. The van der Waals surface area contributed by atoms with E-state index in [1.54, 1.807) is 7.11 Å². The molecule has 2 rings (SSSR count). The van der Waals surface area contributed by atoms with Gasteiger partial charge >= 0.3 is 0 Å². The molecule has 1 aliphatic heterocycles. The molecule has 0 radical (unpaired) electrons. The lowest BCUT2D eigenvalue weighted by atomic mass is 9.92. The number of rotatable bonds is 1. The van der Waals surface area contributed by atoms with Crippen molar-refractivity contribution in [1.29, 1.82) is 0 Å². The van der Waals surface area contributed by atoms with Gasteiger partial charge in [-0.1, -0.05) is 0 Å². The zero-order valence-corrected chi connectivity index (χ0v) is 10.8. The van der Waals surface area contributed by atoms with Crippen molar-refractivity contribution in [3.63, 3.8) is 0 Å². The Morgan fingerprint density at radius 1 is 1.12 bits per heavy atom. The molecular weight excluding hydrogens is 200 g/mol. The highest BCUT2D eigenvalue weighted by molar-refractivity contribution is 5.58. The summed E-state index contributed by atoms with van der Waals surface area (Å²) in [7, 11) is 1.74. The molecule has 0 aliphatic carbocycles. The molecule has 0 saturated heterocycles. The summed E-state index contributed by atoms with van der Waals surface area (Å²) in [6.07, 6.45) is 2.53. The maximum atomic E-state index is 5.97. The van der Waals surface area contributed by atoms with Gasteiger partial charge in [0.2, 0.25) is 0 Å². The van der Waals surface area contributed by atoms with E-state index in [1.165, 1.54) is 22.3 Å². The van der Waals surface area contributed by atoms with E-state index in [4.69, 9.17) is 9.47 Å². The first kappa shape index (κ1) is 11.3. The second-order valence-corrected chi connectivity index (χ2v) is 4.68. The molecule has 1 atom stereocenters. The van der Waals surface area contributed by atoms with Crippen molar-refractivity contribution in [3.05, 3.63) is 22.3 Å². The Bertz CT molecular complexity index is 421. The molecule has 0 saturated carbocycles. The van der Waals surface area contributed by atoms with E-state index in [-0.39, 0.29) is 0 Å². The van der Waals surface area contributed by atoms with Crippen LogP contribution in [0.5, 0.6) is 11.5 Å². The molecule has 0 spiro atoms. The molecular formula is C14H20O2. The van der Waals surface area contributed by atoms with E-state index < -0.39 is 0 Å². The molecule has 0 bridgehead atoms. The van der Waals surface area contributed by atoms with Gasteiger partial charge in [0.1, 0.15) is 11.5 Å². The summed E-state index contributed by atoms with van der Waals surface area (Å²) in [5.41, 5.74) is 5.00. The first-order valence-corrected chi connectivity index (χ1v) is 5.89. The van der Waals surface area contributed by atoms with Gasteiger partial charge in [0, 0.05) is 5.56 Å². The molecule has 1 heterocycles. The van der Waals surface area contributed by atoms with E-state index in [9.17, 15) is 0 Å². The first-order chi connectivity index (χ1) is 7.56. The Balaban J connectivity index is 2.64. The molecule has 1 aromatic carbocycles. The summed E-state index contributed by atoms with van der Waals surface area (Å²) in [6, 6.07) is 0. The van der Waals surface area contributed by atoms with E-state index in [2.05, 4.69) is 27.7 Å². The van der Waals surface area contributed by atoms with Crippen LogP contribution in [0, 0.1) is 20.8 Å². The van der Waals surface area contributed by atoms with Gasteiger partial charge in [0.05, 0.1) is 13.2 Å². The molecule has 1 unspecified atom stereocenters. The molecule has 0 aromatic heterocycles. The van der Waals surface area contributed by atoms with Crippen molar-refractivity contribution < 1.29 is 9.47 Å². The maximum absolute atomic E-state index is 5.97. The molecule has 0 fully saturated rings. The standard InChI is InChI=1S/C14H20O2/c1-8-6-7-12-11(4)13(15-5)9(2)10(3)14(12)16-8/h8H,6-7H2,1-5H3. The number of methoxy groups -OCH3 is 1. The second kappa shape index (κ2) is 4.00. The molecule has 0 N–H and O–H groups in total. The van der Waals surface area contributed by atoms with Crippen LogP contribution in [0.25, 0.3) is 0 Å². The maximum Gasteiger partial charge on any atom is 0.126 e. The third-order valence-corrected chi connectivity index (χ3v) is 3.64. The van der Waals surface area contributed by atoms with Crippen LogP contribution >= 0.6 is 0 Å². The monoisotopic (exact) mass is 220 g/mol. The molecule has 0 amide bonds. The predicted octanol–water partition coefficient (Wildman–Crippen LogP) is 3.33. The smallest absolute Gasteiger partial charge is 0.126 e. The Kier molecular flexibility index (Phi) is 2.83. The fourth-order valence-electron chi connectivity index (χ4n) is 2.53. The van der Waals surface area contributed by atoms with Crippen molar-refractivity contribution >= 4 is 0 Å². The normalized spacial score (nSPS) is 18.9. The lowest BCUT2D eigenvalue weighted by molar-refractivity contribution is 0.190. The minimum atomic E-state index is 0.332. The minimum Gasteiger partial charge on any atom is -0.496 e. The van der Waals surface area contributed by atoms with Gasteiger partial charge < -0.3 is 9.47 Å². The van der Waals surface area contributed by atoms with Crippen LogP contribution in [0.15, 0.2) is 0 Å². The van der Waals surface area contributed by atoms with Gasteiger partial charge in [-0.15, -0.1) is 0 Å². The highest BCUT2D eigenvalue weighted by Gasteiger charge is 2.24. The number of fused-ring (bicyclic) bond motifs is 1. The third-order valence-electron chi connectivity index (χ3n) is 3.64. The van der Waals surface area contributed by atoms with Crippen LogP contribution in [0.3, 0.4) is 0 Å². The zero-order chi connectivity index (χ0) is 11.9. The van der Waals surface area contributed by atoms with Gasteiger partial charge in [0.15, 0.2) is 0 Å². The van der Waals surface area contributed by atoms with Gasteiger partial charge in [0.25, 0.3) is 0 Å². The van der Waals surface area contributed by atoms with Gasteiger partial charge in [-0.2, -0.15) is 0 Å². The quantitative estimate of drug-likeness (QED) is 0.722. The van der Waals surface area contributed by atoms with E-state index in [0.29, 0.717) is 6.10 Å². The fraction of sp³-hybridized carbons (Fsp3) is 0.571. The van der Waals surface area contributed by atoms with Gasteiger partial charge in [-0.3, -0.25) is 0 Å². The zero-order valence-electron chi connectivity index (χ0n) is 10.8. The lowest BCUT2D eigenvalue weighted by Gasteiger charge is -2.28. The summed E-state index contributed by atoms with van der Waals surface area (Å²) in [5.74, 6) is 2.11. The summed E-state index contributed by atoms with van der Waals surface area (Å²) in [5, 5.41) is 0. The topological polar surface area (TPSA) is 18.5 Å². The second-order valence-electron chi connectivity index (χ2n) is 4.68. The Morgan fingerprint density at radius 3 is 2.44 bits per heavy atom. The lowest BCUT2D eigenvalue weighted by Crippen LogP contribution is -2.21. The van der Waals surface area contributed by atoms with Crippen molar-refractivity contribution in [3.8, 4) is 11.5 Å². The Hall–Kier alpha value is -1.18. The number of benzene rings is 1. The number of hydrogen-bond acceptors (Lipinski definition) is 2. The summed E-state index contributed by atoms with van der Waals surface area (Å²) >= 11 is 0. The van der Waals surface area contributed by atoms with Crippen LogP contribution in [0.2, 0.25) is 0 Å². The van der Waals surface area contributed by atoms with E-state index in [1.807, 2.05) is 0 Å². The summed E-state index contributed by atoms with van der Waals surface area (Å²) in [4.78, 5) is 0. The van der Waals surface area contributed by atoms with Crippen LogP contribution < -0.4 is 9.47 Å². The molecule has 2 heteroatoms. The first-order valence-electron chi connectivity index (χ1n) is 5.89.